The van der Waals surface area contributed by atoms with Crippen molar-refractivity contribution >= 4 is 31.9 Å². The molecule has 28 heavy (non-hydrogen) atoms. The van der Waals surface area contributed by atoms with Gasteiger partial charge in [-0.05, 0) is 49.7 Å². The van der Waals surface area contributed by atoms with E-state index in [-0.39, 0.29) is 22.1 Å². The van der Waals surface area contributed by atoms with Crippen molar-refractivity contribution in [1.29, 1.82) is 0 Å². The molecule has 0 fully saturated rings. The van der Waals surface area contributed by atoms with Crippen molar-refractivity contribution in [1.82, 2.24) is 4.72 Å². The average molecular weight is 427 g/mol. The first kappa shape index (κ1) is 21.9. The number of anilines is 1. The predicted octanol–water partition coefficient (Wildman–Crippen LogP) is 3.01. The van der Waals surface area contributed by atoms with Crippen LogP contribution in [0.3, 0.4) is 0 Å². The maximum absolute atomic E-state index is 12.2. The van der Waals surface area contributed by atoms with Gasteiger partial charge in [0.2, 0.25) is 0 Å². The summed E-state index contributed by atoms with van der Waals surface area (Å²) in [6, 6.07) is 10.3. The Bertz CT molecular complexity index is 1010. The van der Waals surface area contributed by atoms with Gasteiger partial charge in [0, 0.05) is 5.69 Å². The maximum atomic E-state index is 12.2. The fourth-order valence-electron chi connectivity index (χ4n) is 2.14. The number of unbranched alkanes of at least 4 members (excludes halogenated alkanes) is 1. The molecule has 0 aliphatic heterocycles. The van der Waals surface area contributed by atoms with E-state index in [0.29, 0.717) is 6.42 Å². The summed E-state index contributed by atoms with van der Waals surface area (Å²) in [4.78, 5) is 11.9. The van der Waals surface area contributed by atoms with Gasteiger partial charge in [-0.2, -0.15) is 8.42 Å². The molecule has 8 nitrogen and oxygen atoms in total. The van der Waals surface area contributed by atoms with Crippen molar-refractivity contribution in [2.24, 2.45) is 0 Å². The van der Waals surface area contributed by atoms with Crippen LogP contribution in [0.15, 0.2) is 58.3 Å². The standard InChI is InChI=1S/C18H22N2O6S2/c1-3-4-13-26-28(24,25)17-11-7-15(8-12-17)19-18(21)20-27(22,23)16-9-5-14(2)6-10-16/h5-12H,3-4,13H2,1-2H3,(H2,19,20,21). The highest BCUT2D eigenvalue weighted by molar-refractivity contribution is 7.90. The van der Waals surface area contributed by atoms with Gasteiger partial charge in [0.25, 0.3) is 20.1 Å². The predicted molar refractivity (Wildman–Crippen MR) is 105 cm³/mol. The van der Waals surface area contributed by atoms with Gasteiger partial charge >= 0.3 is 6.03 Å². The Hall–Kier alpha value is -2.43. The summed E-state index contributed by atoms with van der Waals surface area (Å²) in [5.74, 6) is 0. The molecule has 10 heteroatoms. The number of carbonyl (C=O) groups is 1. The van der Waals surface area contributed by atoms with Crippen LogP contribution in [0.1, 0.15) is 25.3 Å². The Kier molecular flexibility index (Phi) is 7.17. The van der Waals surface area contributed by atoms with E-state index in [1.54, 1.807) is 12.1 Å². The number of urea groups is 1. The Morgan fingerprint density at radius 3 is 2.07 bits per heavy atom. The van der Waals surface area contributed by atoms with Crippen LogP contribution in [0.25, 0.3) is 0 Å². The number of hydrogen-bond donors (Lipinski definition) is 2. The normalized spacial score (nSPS) is 11.8. The van der Waals surface area contributed by atoms with E-state index in [2.05, 4.69) is 5.32 Å². The minimum absolute atomic E-state index is 0.0427. The number of rotatable bonds is 8. The average Bonchev–Trinajstić information content (AvgIpc) is 2.62. The third-order valence-electron chi connectivity index (χ3n) is 3.70. The van der Waals surface area contributed by atoms with Gasteiger partial charge in [-0.1, -0.05) is 31.0 Å². The minimum Gasteiger partial charge on any atom is -0.307 e. The van der Waals surface area contributed by atoms with Gasteiger partial charge in [-0.25, -0.2) is 17.9 Å². The first-order valence-electron chi connectivity index (χ1n) is 8.54. The zero-order valence-electron chi connectivity index (χ0n) is 15.5. The molecule has 2 N–H and O–H groups in total. The molecule has 2 aromatic rings. The molecule has 0 atom stereocenters. The molecule has 2 aromatic carbocycles. The summed E-state index contributed by atoms with van der Waals surface area (Å²) >= 11 is 0. The van der Waals surface area contributed by atoms with E-state index in [1.165, 1.54) is 36.4 Å². The van der Waals surface area contributed by atoms with E-state index in [9.17, 15) is 21.6 Å². The monoisotopic (exact) mass is 426 g/mol. The molecule has 0 saturated heterocycles. The highest BCUT2D eigenvalue weighted by Crippen LogP contribution is 2.17. The second-order valence-corrected chi connectivity index (χ2v) is 9.32. The summed E-state index contributed by atoms with van der Waals surface area (Å²) in [6.45, 7) is 3.83. The molecule has 0 aliphatic rings. The summed E-state index contributed by atoms with van der Waals surface area (Å²) in [7, 11) is -7.89. The molecule has 152 valence electrons. The SMILES string of the molecule is CCCCOS(=O)(=O)c1ccc(NC(=O)NS(=O)(=O)c2ccc(C)cc2)cc1. The van der Waals surface area contributed by atoms with Crippen molar-refractivity contribution in [3.63, 3.8) is 0 Å². The van der Waals surface area contributed by atoms with Crippen LogP contribution in [-0.2, 0) is 24.3 Å². The fraction of sp³-hybridized carbons (Fsp3) is 0.278. The largest absolute Gasteiger partial charge is 0.333 e. The topological polar surface area (TPSA) is 119 Å². The Morgan fingerprint density at radius 1 is 0.929 bits per heavy atom. The van der Waals surface area contributed by atoms with Crippen molar-refractivity contribution in [3.8, 4) is 0 Å². The van der Waals surface area contributed by atoms with Gasteiger partial charge in [0.05, 0.1) is 16.4 Å². The number of benzene rings is 2. The molecule has 0 bridgehead atoms. The molecular formula is C18H22N2O6S2. The Balaban J connectivity index is 2.01. The molecule has 0 unspecified atom stereocenters. The third-order valence-corrected chi connectivity index (χ3v) is 6.37. The molecule has 2 rings (SSSR count). The first-order valence-corrected chi connectivity index (χ1v) is 11.4. The van der Waals surface area contributed by atoms with E-state index >= 15 is 0 Å². The minimum atomic E-state index is -4.02. The molecule has 0 saturated carbocycles. The summed E-state index contributed by atoms with van der Waals surface area (Å²) in [5, 5.41) is 2.35. The Morgan fingerprint density at radius 2 is 1.50 bits per heavy atom. The van der Waals surface area contributed by atoms with Crippen molar-refractivity contribution in [2.45, 2.75) is 36.5 Å². The number of amides is 2. The Labute approximate surface area is 165 Å². The summed E-state index contributed by atoms with van der Waals surface area (Å²) < 4.78 is 55.2. The van der Waals surface area contributed by atoms with Crippen LogP contribution in [-0.4, -0.2) is 29.5 Å². The van der Waals surface area contributed by atoms with E-state index < -0.39 is 26.2 Å². The van der Waals surface area contributed by atoms with Crippen LogP contribution < -0.4 is 10.0 Å². The van der Waals surface area contributed by atoms with Crippen LogP contribution in [0, 0.1) is 6.92 Å². The van der Waals surface area contributed by atoms with E-state index in [4.69, 9.17) is 4.18 Å². The molecule has 0 heterocycles. The van der Waals surface area contributed by atoms with Crippen LogP contribution in [0.4, 0.5) is 10.5 Å². The highest BCUT2D eigenvalue weighted by Gasteiger charge is 2.18. The van der Waals surface area contributed by atoms with E-state index in [0.717, 1.165) is 12.0 Å². The first-order chi connectivity index (χ1) is 13.1. The molecule has 0 aliphatic carbocycles. The lowest BCUT2D eigenvalue weighted by Gasteiger charge is -2.10. The second kappa shape index (κ2) is 9.18. The van der Waals surface area contributed by atoms with Gasteiger partial charge < -0.3 is 5.32 Å². The van der Waals surface area contributed by atoms with E-state index in [1.807, 2.05) is 18.6 Å². The van der Waals surface area contributed by atoms with Crippen molar-refractivity contribution in [2.75, 3.05) is 11.9 Å². The lowest BCUT2D eigenvalue weighted by atomic mass is 10.2. The van der Waals surface area contributed by atoms with Crippen LogP contribution >= 0.6 is 0 Å². The second-order valence-electron chi connectivity index (χ2n) is 6.03. The number of hydrogen-bond acceptors (Lipinski definition) is 6. The number of nitrogens with one attached hydrogen (secondary N) is 2. The van der Waals surface area contributed by atoms with Gasteiger partial charge in [0.1, 0.15) is 0 Å². The molecule has 2 amide bonds. The molecule has 0 spiro atoms. The smallest absolute Gasteiger partial charge is 0.307 e. The van der Waals surface area contributed by atoms with Gasteiger partial charge in [-0.15, -0.1) is 0 Å². The number of aryl methyl sites for hydroxylation is 1. The van der Waals surface area contributed by atoms with Crippen molar-refractivity contribution in [3.05, 3.63) is 54.1 Å². The summed E-state index contributed by atoms with van der Waals surface area (Å²) in [6.07, 6.45) is 1.42. The lowest BCUT2D eigenvalue weighted by molar-refractivity contribution is 0.256. The highest BCUT2D eigenvalue weighted by atomic mass is 32.2. The third kappa shape index (κ3) is 6.04. The van der Waals surface area contributed by atoms with Gasteiger partial charge in [0.15, 0.2) is 0 Å². The van der Waals surface area contributed by atoms with Crippen molar-refractivity contribution < 1.29 is 25.8 Å². The lowest BCUT2D eigenvalue weighted by Crippen LogP contribution is -2.34. The fourth-order valence-corrected chi connectivity index (χ4v) is 3.99. The number of sulfonamides is 1. The summed E-state index contributed by atoms with van der Waals surface area (Å²) in [5.41, 5.74) is 1.11. The zero-order valence-corrected chi connectivity index (χ0v) is 17.1. The maximum Gasteiger partial charge on any atom is 0.333 e. The van der Waals surface area contributed by atoms with Crippen LogP contribution in [0.2, 0.25) is 0 Å². The van der Waals surface area contributed by atoms with Gasteiger partial charge in [-0.3, -0.25) is 4.18 Å². The zero-order chi connectivity index (χ0) is 20.8. The van der Waals surface area contributed by atoms with Crippen LogP contribution in [0.5, 0.6) is 0 Å². The molecular weight excluding hydrogens is 404 g/mol. The molecule has 0 aromatic heterocycles. The number of carbonyl (C=O) groups excluding carboxylic acids is 1. The molecule has 0 radical (unpaired) electrons. The quantitative estimate of drug-likeness (QED) is 0.495.